The molecule has 1 aliphatic heterocycles. The smallest absolute Gasteiger partial charge is 0.229 e. The molecule has 2 aromatic heterocycles. The Kier molecular flexibility index (Phi) is 6.24. The quantitative estimate of drug-likeness (QED) is 0.531. The zero-order valence-corrected chi connectivity index (χ0v) is 20.2. The first-order chi connectivity index (χ1) is 16.1. The third kappa shape index (κ3) is 4.85. The highest BCUT2D eigenvalue weighted by atomic mass is 19.1. The van der Waals surface area contributed by atoms with Crippen molar-refractivity contribution in [3.63, 3.8) is 0 Å². The molecule has 4 rings (SSSR count). The van der Waals surface area contributed by atoms with E-state index in [1.807, 2.05) is 24.3 Å². The number of benzene rings is 1. The van der Waals surface area contributed by atoms with Gasteiger partial charge >= 0.3 is 0 Å². The van der Waals surface area contributed by atoms with Crippen molar-refractivity contribution in [1.29, 1.82) is 5.26 Å². The van der Waals surface area contributed by atoms with Crippen LogP contribution in [0.1, 0.15) is 46.1 Å². The minimum absolute atomic E-state index is 0.0340. The highest BCUT2D eigenvalue weighted by molar-refractivity contribution is 5.73. The van der Waals surface area contributed by atoms with Gasteiger partial charge < -0.3 is 10.6 Å². The van der Waals surface area contributed by atoms with Crippen molar-refractivity contribution in [3.05, 3.63) is 60.3 Å². The standard InChI is InChI=1S/C26H30FN7/c1-25(2)12-20(13-26(3,4)34(25)5)31-23-22(27)16-30-24(33-23)32-19-8-9-21(18(11-19)14-28)17-7-6-10-29-15-17/h6-11,15-16,20H,12-13H2,1-5H3,(H2,30,31,32,33). The summed E-state index contributed by atoms with van der Waals surface area (Å²) in [5, 5.41) is 16.0. The number of aromatic nitrogens is 3. The molecule has 2 N–H and O–H groups in total. The van der Waals surface area contributed by atoms with Crippen LogP contribution < -0.4 is 10.6 Å². The van der Waals surface area contributed by atoms with Crippen molar-refractivity contribution in [2.75, 3.05) is 17.7 Å². The van der Waals surface area contributed by atoms with E-state index < -0.39 is 5.82 Å². The van der Waals surface area contributed by atoms with Crippen LogP contribution in [0.25, 0.3) is 11.1 Å². The van der Waals surface area contributed by atoms with E-state index in [1.165, 1.54) is 0 Å². The van der Waals surface area contributed by atoms with Gasteiger partial charge in [0.25, 0.3) is 0 Å². The number of rotatable bonds is 5. The van der Waals surface area contributed by atoms with Gasteiger partial charge in [-0.2, -0.15) is 10.2 Å². The molecule has 0 amide bonds. The molecule has 0 atom stereocenters. The molecule has 0 bridgehead atoms. The highest BCUT2D eigenvalue weighted by Gasteiger charge is 2.43. The molecule has 3 heterocycles. The Hall–Kier alpha value is -3.57. The lowest BCUT2D eigenvalue weighted by atomic mass is 9.77. The Morgan fingerprint density at radius 2 is 1.85 bits per heavy atom. The van der Waals surface area contributed by atoms with Crippen molar-refractivity contribution < 1.29 is 4.39 Å². The molecule has 1 fully saturated rings. The van der Waals surface area contributed by atoms with Gasteiger partial charge in [0.2, 0.25) is 5.95 Å². The minimum Gasteiger partial charge on any atom is -0.365 e. The Morgan fingerprint density at radius 3 is 2.50 bits per heavy atom. The second-order valence-electron chi connectivity index (χ2n) is 10.1. The highest BCUT2D eigenvalue weighted by Crippen LogP contribution is 2.38. The van der Waals surface area contributed by atoms with Gasteiger partial charge in [0.1, 0.15) is 0 Å². The first-order valence-corrected chi connectivity index (χ1v) is 11.3. The van der Waals surface area contributed by atoms with Crippen molar-refractivity contribution in [3.8, 4) is 17.2 Å². The van der Waals surface area contributed by atoms with E-state index in [9.17, 15) is 9.65 Å². The number of anilines is 3. The SMILES string of the molecule is CN1C(C)(C)CC(Nc2nc(Nc3ccc(-c4cccnc4)c(C#N)c3)ncc2F)CC1(C)C. The van der Waals surface area contributed by atoms with Crippen LogP contribution in [0.5, 0.6) is 0 Å². The Bertz CT molecular complexity index is 1200. The Balaban J connectivity index is 1.55. The lowest BCUT2D eigenvalue weighted by Crippen LogP contribution is -2.61. The van der Waals surface area contributed by atoms with E-state index in [0.29, 0.717) is 11.3 Å². The maximum Gasteiger partial charge on any atom is 0.229 e. The van der Waals surface area contributed by atoms with Crippen LogP contribution in [0.15, 0.2) is 48.9 Å². The molecular weight excluding hydrogens is 429 g/mol. The second kappa shape index (κ2) is 8.99. The van der Waals surface area contributed by atoms with Gasteiger partial charge in [-0.05, 0) is 65.8 Å². The predicted molar refractivity (Wildman–Crippen MR) is 132 cm³/mol. The average molecular weight is 460 g/mol. The topological polar surface area (TPSA) is 89.8 Å². The van der Waals surface area contributed by atoms with Gasteiger partial charge in [-0.25, -0.2) is 9.37 Å². The molecule has 34 heavy (non-hydrogen) atoms. The summed E-state index contributed by atoms with van der Waals surface area (Å²) in [4.78, 5) is 15.0. The molecule has 176 valence electrons. The largest absolute Gasteiger partial charge is 0.365 e. The lowest BCUT2D eigenvalue weighted by molar-refractivity contribution is -0.00778. The summed E-state index contributed by atoms with van der Waals surface area (Å²) in [5.74, 6) is -0.0655. The fraction of sp³-hybridized carbons (Fsp3) is 0.385. The summed E-state index contributed by atoms with van der Waals surface area (Å²) in [6.45, 7) is 8.81. The van der Waals surface area contributed by atoms with E-state index in [0.717, 1.165) is 30.2 Å². The number of piperidine rings is 1. The molecular formula is C26H30FN7. The number of likely N-dealkylation sites (tertiary alicyclic amines) is 1. The summed E-state index contributed by atoms with van der Waals surface area (Å²) < 4.78 is 14.6. The maximum absolute atomic E-state index is 14.6. The average Bonchev–Trinajstić information content (AvgIpc) is 2.80. The van der Waals surface area contributed by atoms with Crippen molar-refractivity contribution >= 4 is 17.5 Å². The van der Waals surface area contributed by atoms with Gasteiger partial charge in [0.05, 0.1) is 17.8 Å². The van der Waals surface area contributed by atoms with E-state index in [4.69, 9.17) is 0 Å². The van der Waals surface area contributed by atoms with Gasteiger partial charge in [-0.3, -0.25) is 9.88 Å². The van der Waals surface area contributed by atoms with E-state index in [1.54, 1.807) is 18.5 Å². The van der Waals surface area contributed by atoms with Crippen LogP contribution >= 0.6 is 0 Å². The van der Waals surface area contributed by atoms with Crippen LogP contribution in [-0.4, -0.2) is 44.0 Å². The molecule has 7 nitrogen and oxygen atoms in total. The van der Waals surface area contributed by atoms with Crippen LogP contribution in [0.4, 0.5) is 21.8 Å². The fourth-order valence-corrected chi connectivity index (χ4v) is 4.81. The molecule has 0 unspecified atom stereocenters. The van der Waals surface area contributed by atoms with E-state index in [-0.39, 0.29) is 28.9 Å². The van der Waals surface area contributed by atoms with Gasteiger partial charge in [-0.15, -0.1) is 0 Å². The van der Waals surface area contributed by atoms with Crippen molar-refractivity contribution in [2.24, 2.45) is 0 Å². The molecule has 0 aliphatic carbocycles. The molecule has 3 aromatic rings. The molecule has 1 aliphatic rings. The van der Waals surface area contributed by atoms with Crippen molar-refractivity contribution in [1.82, 2.24) is 19.9 Å². The Morgan fingerprint density at radius 1 is 1.12 bits per heavy atom. The van der Waals surface area contributed by atoms with Crippen molar-refractivity contribution in [2.45, 2.75) is 57.7 Å². The summed E-state index contributed by atoms with van der Waals surface area (Å²) in [6, 6.07) is 11.5. The summed E-state index contributed by atoms with van der Waals surface area (Å²) in [5.41, 5.74) is 2.72. The van der Waals surface area contributed by atoms with Crippen LogP contribution in [0, 0.1) is 17.1 Å². The number of halogens is 1. The van der Waals surface area contributed by atoms with Gasteiger partial charge in [0, 0.05) is 46.3 Å². The Labute approximate surface area is 200 Å². The minimum atomic E-state index is -0.496. The number of nitriles is 1. The van der Waals surface area contributed by atoms with Gasteiger partial charge in [0.15, 0.2) is 11.6 Å². The molecule has 0 spiro atoms. The molecule has 8 heteroatoms. The third-order valence-electron chi connectivity index (χ3n) is 6.76. The van der Waals surface area contributed by atoms with E-state index >= 15 is 0 Å². The van der Waals surface area contributed by atoms with E-state index in [2.05, 4.69) is 71.3 Å². The number of hydrogen-bond acceptors (Lipinski definition) is 7. The normalized spacial score (nSPS) is 17.7. The molecule has 0 radical (unpaired) electrons. The number of hydrogen-bond donors (Lipinski definition) is 2. The molecule has 0 saturated carbocycles. The van der Waals surface area contributed by atoms with Gasteiger partial charge in [-0.1, -0.05) is 12.1 Å². The number of pyridine rings is 1. The zero-order chi connectivity index (χ0) is 24.5. The van der Waals surface area contributed by atoms with Crippen LogP contribution in [0.3, 0.4) is 0 Å². The molecule has 1 saturated heterocycles. The number of nitrogens with one attached hydrogen (secondary N) is 2. The fourth-order valence-electron chi connectivity index (χ4n) is 4.81. The maximum atomic E-state index is 14.6. The monoisotopic (exact) mass is 459 g/mol. The molecule has 1 aromatic carbocycles. The second-order valence-corrected chi connectivity index (χ2v) is 10.1. The third-order valence-corrected chi connectivity index (χ3v) is 6.76. The summed E-state index contributed by atoms with van der Waals surface area (Å²) in [7, 11) is 2.14. The first kappa shape index (κ1) is 23.6. The lowest BCUT2D eigenvalue weighted by Gasteiger charge is -2.53. The van der Waals surface area contributed by atoms with Crippen LogP contribution in [-0.2, 0) is 0 Å². The van der Waals surface area contributed by atoms with Crippen LogP contribution in [0.2, 0.25) is 0 Å². The zero-order valence-electron chi connectivity index (χ0n) is 20.2. The number of nitrogens with zero attached hydrogens (tertiary/aromatic N) is 5. The summed E-state index contributed by atoms with van der Waals surface area (Å²) >= 11 is 0. The first-order valence-electron chi connectivity index (χ1n) is 11.3. The summed E-state index contributed by atoms with van der Waals surface area (Å²) in [6.07, 6.45) is 6.30. The predicted octanol–water partition coefficient (Wildman–Crippen LogP) is 5.36.